The lowest BCUT2D eigenvalue weighted by atomic mass is 10.1. The number of benzene rings is 1. The van der Waals surface area contributed by atoms with Crippen molar-refractivity contribution in [2.45, 2.75) is 38.8 Å². The van der Waals surface area contributed by atoms with Gasteiger partial charge in [-0.05, 0) is 24.5 Å². The summed E-state index contributed by atoms with van der Waals surface area (Å²) < 4.78 is 0. The Hall–Kier alpha value is -1.97. The summed E-state index contributed by atoms with van der Waals surface area (Å²) in [7, 11) is 0. The summed E-state index contributed by atoms with van der Waals surface area (Å²) in [5, 5.41) is 6.62. The van der Waals surface area contributed by atoms with Crippen LogP contribution in [0.1, 0.15) is 38.3 Å². The zero-order valence-electron chi connectivity index (χ0n) is 11.6. The zero-order chi connectivity index (χ0) is 13.7. The summed E-state index contributed by atoms with van der Waals surface area (Å²) in [4.78, 5) is 4.33. The lowest BCUT2D eigenvalue weighted by molar-refractivity contribution is 0.524. The quantitative estimate of drug-likeness (QED) is 0.759. The number of hydrogen-bond acceptors (Lipinski definition) is 4. The molecule has 1 heterocycles. The van der Waals surface area contributed by atoms with E-state index in [1.807, 2.05) is 18.2 Å². The maximum absolute atomic E-state index is 5.87. The van der Waals surface area contributed by atoms with Crippen LogP contribution in [-0.4, -0.2) is 12.0 Å². The molecule has 1 aromatic carbocycles. The van der Waals surface area contributed by atoms with E-state index in [0.29, 0.717) is 12.0 Å². The molecule has 19 heavy (non-hydrogen) atoms. The lowest BCUT2D eigenvalue weighted by Gasteiger charge is -2.24. The van der Waals surface area contributed by atoms with Gasteiger partial charge in [-0.2, -0.15) is 4.99 Å². The lowest BCUT2D eigenvalue weighted by Crippen LogP contribution is -2.39. The van der Waals surface area contributed by atoms with E-state index in [2.05, 4.69) is 47.7 Å². The minimum absolute atomic E-state index is 0.0792. The van der Waals surface area contributed by atoms with E-state index in [4.69, 9.17) is 5.73 Å². The molecule has 0 amide bonds. The van der Waals surface area contributed by atoms with Gasteiger partial charge in [-0.15, -0.1) is 0 Å². The topological polar surface area (TPSA) is 62.4 Å². The maximum atomic E-state index is 5.87. The van der Waals surface area contributed by atoms with Gasteiger partial charge in [0.1, 0.15) is 5.82 Å². The van der Waals surface area contributed by atoms with Crippen molar-refractivity contribution in [3.8, 4) is 0 Å². The highest BCUT2D eigenvalue weighted by Gasteiger charge is 2.16. The van der Waals surface area contributed by atoms with Crippen LogP contribution in [0.3, 0.4) is 0 Å². The average Bonchev–Trinajstić information content (AvgIpc) is 2.45. The van der Waals surface area contributed by atoms with Gasteiger partial charge < -0.3 is 16.4 Å². The van der Waals surface area contributed by atoms with Crippen molar-refractivity contribution in [1.82, 2.24) is 10.6 Å². The first-order valence-electron chi connectivity index (χ1n) is 6.87. The molecule has 0 saturated carbocycles. The molecule has 1 atom stereocenters. The summed E-state index contributed by atoms with van der Waals surface area (Å²) in [6.45, 7) is 4.34. The van der Waals surface area contributed by atoms with Gasteiger partial charge in [-0.1, -0.05) is 44.2 Å². The Bertz CT molecular complexity index is 460. The Morgan fingerprint density at radius 2 is 1.95 bits per heavy atom. The van der Waals surface area contributed by atoms with Crippen molar-refractivity contribution in [1.29, 1.82) is 0 Å². The number of rotatable bonds is 5. The van der Waals surface area contributed by atoms with Crippen LogP contribution >= 0.6 is 0 Å². The number of nitrogens with one attached hydrogen (secondary N) is 2. The fourth-order valence-corrected chi connectivity index (χ4v) is 2.18. The largest absolute Gasteiger partial charge is 0.370 e. The van der Waals surface area contributed by atoms with Crippen LogP contribution < -0.4 is 16.4 Å². The van der Waals surface area contributed by atoms with Crippen LogP contribution in [-0.2, 0) is 0 Å². The van der Waals surface area contributed by atoms with E-state index in [1.165, 1.54) is 5.56 Å². The highest BCUT2D eigenvalue weighted by Crippen LogP contribution is 2.18. The van der Waals surface area contributed by atoms with Gasteiger partial charge in [-0.25, -0.2) is 0 Å². The first-order chi connectivity index (χ1) is 9.22. The van der Waals surface area contributed by atoms with E-state index >= 15 is 0 Å². The Morgan fingerprint density at radius 3 is 2.58 bits per heavy atom. The third kappa shape index (κ3) is 3.50. The molecule has 0 fully saturated rings. The molecule has 0 aliphatic carbocycles. The number of nitrogens with zero attached hydrogens (tertiary/aromatic N) is 1. The second-order valence-electron chi connectivity index (χ2n) is 4.74. The molecule has 0 aromatic heterocycles. The van der Waals surface area contributed by atoms with Gasteiger partial charge in [0.2, 0.25) is 0 Å². The Labute approximate surface area is 114 Å². The van der Waals surface area contributed by atoms with Crippen molar-refractivity contribution in [3.63, 3.8) is 0 Å². The molecule has 4 N–H and O–H groups in total. The first kappa shape index (κ1) is 13.5. The highest BCUT2D eigenvalue weighted by atomic mass is 15.2. The third-order valence-corrected chi connectivity index (χ3v) is 3.37. The molecule has 4 nitrogen and oxygen atoms in total. The van der Waals surface area contributed by atoms with E-state index in [0.717, 1.165) is 18.7 Å². The summed E-state index contributed by atoms with van der Waals surface area (Å²) in [5.74, 6) is 1.32. The molecule has 1 aliphatic heterocycles. The normalized spacial score (nSPS) is 18.6. The second-order valence-corrected chi connectivity index (χ2v) is 4.74. The molecule has 0 bridgehead atoms. The number of aliphatic imine (C=N–C) groups is 1. The molecule has 4 heteroatoms. The predicted octanol–water partition coefficient (Wildman–Crippen LogP) is 2.27. The number of hydrogen-bond donors (Lipinski definition) is 3. The molecule has 102 valence electrons. The molecule has 1 unspecified atom stereocenters. The van der Waals surface area contributed by atoms with E-state index in [-0.39, 0.29) is 6.04 Å². The molecule has 1 aliphatic rings. The third-order valence-electron chi connectivity index (χ3n) is 3.37. The van der Waals surface area contributed by atoms with Crippen LogP contribution in [0.4, 0.5) is 0 Å². The molecule has 0 radical (unpaired) electrons. The molecule has 0 saturated heterocycles. The Balaban J connectivity index is 2.16. The van der Waals surface area contributed by atoms with E-state index in [1.54, 1.807) is 0 Å². The first-order valence-corrected chi connectivity index (χ1v) is 6.87. The average molecular weight is 258 g/mol. The van der Waals surface area contributed by atoms with Gasteiger partial charge in [-0.3, -0.25) is 0 Å². The number of guanidine groups is 1. The second kappa shape index (κ2) is 6.27. The van der Waals surface area contributed by atoms with Crippen molar-refractivity contribution in [3.05, 3.63) is 47.8 Å². The Kier molecular flexibility index (Phi) is 4.44. The fraction of sp³-hybridized carbons (Fsp3) is 0.400. The van der Waals surface area contributed by atoms with Gasteiger partial charge in [0.15, 0.2) is 5.96 Å². The fourth-order valence-electron chi connectivity index (χ4n) is 2.18. The van der Waals surface area contributed by atoms with Gasteiger partial charge >= 0.3 is 0 Å². The maximum Gasteiger partial charge on any atom is 0.195 e. The van der Waals surface area contributed by atoms with Crippen molar-refractivity contribution in [2.24, 2.45) is 10.7 Å². The standard InChI is InChI=1S/C15H22N4/c1-3-12(4-2)17-14-10-13(18-15(16)19-14)11-8-6-5-7-9-11/h5-10,12-13,17H,3-4H2,1-2H3,(H3,16,18,19). The van der Waals surface area contributed by atoms with Gasteiger partial charge in [0, 0.05) is 6.04 Å². The molecule has 2 rings (SSSR count). The van der Waals surface area contributed by atoms with Crippen LogP contribution in [0.5, 0.6) is 0 Å². The van der Waals surface area contributed by atoms with Crippen molar-refractivity contribution >= 4 is 5.96 Å². The van der Waals surface area contributed by atoms with Crippen molar-refractivity contribution < 1.29 is 0 Å². The minimum Gasteiger partial charge on any atom is -0.370 e. The number of nitrogens with two attached hydrogens (primary N) is 1. The molecule has 1 aromatic rings. The van der Waals surface area contributed by atoms with Crippen LogP contribution in [0, 0.1) is 0 Å². The SMILES string of the molecule is CCC(CC)NC1=CC(c2ccccc2)NC(N)=N1. The predicted molar refractivity (Wildman–Crippen MR) is 79.5 cm³/mol. The molecular formula is C15H22N4. The molecular weight excluding hydrogens is 236 g/mol. The van der Waals surface area contributed by atoms with Gasteiger partial charge in [0.05, 0.1) is 6.04 Å². The van der Waals surface area contributed by atoms with E-state index in [9.17, 15) is 0 Å². The zero-order valence-corrected chi connectivity index (χ0v) is 11.6. The Morgan fingerprint density at radius 1 is 1.26 bits per heavy atom. The molecule has 0 spiro atoms. The van der Waals surface area contributed by atoms with Crippen molar-refractivity contribution in [2.75, 3.05) is 0 Å². The van der Waals surface area contributed by atoms with E-state index < -0.39 is 0 Å². The summed E-state index contributed by atoms with van der Waals surface area (Å²) >= 11 is 0. The van der Waals surface area contributed by atoms with Crippen LogP contribution in [0.25, 0.3) is 0 Å². The summed E-state index contributed by atoms with van der Waals surface area (Å²) in [6.07, 6.45) is 4.24. The smallest absolute Gasteiger partial charge is 0.195 e. The minimum atomic E-state index is 0.0792. The van der Waals surface area contributed by atoms with Crippen LogP contribution in [0.15, 0.2) is 47.2 Å². The summed E-state index contributed by atoms with van der Waals surface area (Å²) in [6, 6.07) is 10.8. The van der Waals surface area contributed by atoms with Gasteiger partial charge in [0.25, 0.3) is 0 Å². The monoisotopic (exact) mass is 258 g/mol. The highest BCUT2D eigenvalue weighted by molar-refractivity contribution is 5.80. The van der Waals surface area contributed by atoms with Crippen LogP contribution in [0.2, 0.25) is 0 Å². The summed E-state index contributed by atoms with van der Waals surface area (Å²) in [5.41, 5.74) is 7.05.